The zero-order chi connectivity index (χ0) is 15.3. The molecule has 0 aromatic heterocycles. The number of hydrogen-bond acceptors (Lipinski definition) is 3. The molecule has 3 nitrogen and oxygen atoms in total. The van der Waals surface area contributed by atoms with Crippen molar-refractivity contribution in [3.05, 3.63) is 0 Å². The quantitative estimate of drug-likeness (QED) is 0.502. The lowest BCUT2D eigenvalue weighted by atomic mass is 10.0. The van der Waals surface area contributed by atoms with Gasteiger partial charge in [-0.3, -0.25) is 0 Å². The van der Waals surface area contributed by atoms with Gasteiger partial charge < -0.3 is 15.6 Å². The maximum Gasteiger partial charge on any atom is 0.0974 e. The van der Waals surface area contributed by atoms with Crippen LogP contribution >= 0.6 is 0 Å². The molecule has 0 spiro atoms. The molecule has 0 radical (unpaired) electrons. The van der Waals surface area contributed by atoms with E-state index in [4.69, 9.17) is 10.5 Å². The van der Waals surface area contributed by atoms with Crippen LogP contribution in [-0.4, -0.2) is 30.0 Å². The van der Waals surface area contributed by atoms with Crippen LogP contribution in [-0.2, 0) is 4.74 Å². The van der Waals surface area contributed by atoms with Gasteiger partial charge in [-0.15, -0.1) is 0 Å². The van der Waals surface area contributed by atoms with Crippen LogP contribution in [0.25, 0.3) is 0 Å². The summed E-state index contributed by atoms with van der Waals surface area (Å²) in [4.78, 5) is 0. The number of aliphatic hydroxyl groups excluding tert-OH is 1. The molecule has 1 aliphatic heterocycles. The Morgan fingerprint density at radius 2 is 1.33 bits per heavy atom. The molecular weight excluding hydrogens is 262 g/mol. The Hall–Kier alpha value is -0.120. The van der Waals surface area contributed by atoms with Crippen molar-refractivity contribution in [2.24, 2.45) is 5.73 Å². The smallest absolute Gasteiger partial charge is 0.0974 e. The molecular formula is C18H37NO2. The lowest BCUT2D eigenvalue weighted by Gasteiger charge is -2.14. The first-order chi connectivity index (χ1) is 10.3. The third-order valence-corrected chi connectivity index (χ3v) is 4.66. The van der Waals surface area contributed by atoms with E-state index in [1.807, 2.05) is 0 Å². The van der Waals surface area contributed by atoms with Crippen LogP contribution in [0, 0.1) is 0 Å². The molecule has 3 atom stereocenters. The zero-order valence-corrected chi connectivity index (χ0v) is 14.1. The van der Waals surface area contributed by atoms with E-state index in [9.17, 15) is 5.11 Å². The van der Waals surface area contributed by atoms with Crippen LogP contribution in [0.15, 0.2) is 0 Å². The molecule has 1 saturated heterocycles. The first-order valence-electron chi connectivity index (χ1n) is 9.31. The van der Waals surface area contributed by atoms with Gasteiger partial charge in [0.05, 0.1) is 24.9 Å². The first-order valence-corrected chi connectivity index (χ1v) is 9.31. The molecule has 3 N–H and O–H groups in total. The van der Waals surface area contributed by atoms with Crippen molar-refractivity contribution in [1.82, 2.24) is 0 Å². The third-order valence-electron chi connectivity index (χ3n) is 4.66. The average molecular weight is 299 g/mol. The highest BCUT2D eigenvalue weighted by atomic mass is 16.5. The second-order valence-corrected chi connectivity index (χ2v) is 6.70. The Morgan fingerprint density at radius 3 is 1.76 bits per heavy atom. The molecule has 126 valence electrons. The van der Waals surface area contributed by atoms with Crippen molar-refractivity contribution in [3.63, 3.8) is 0 Å². The summed E-state index contributed by atoms with van der Waals surface area (Å²) in [6, 6.07) is -0.174. The minimum absolute atomic E-state index is 0.0110. The number of rotatable bonds is 13. The normalized spacial score (nSPS) is 25.6. The molecule has 0 bridgehead atoms. The largest absolute Gasteiger partial charge is 0.389 e. The van der Waals surface area contributed by atoms with Crippen molar-refractivity contribution < 1.29 is 9.84 Å². The minimum atomic E-state index is -0.447. The van der Waals surface area contributed by atoms with Gasteiger partial charge in [0.1, 0.15) is 0 Å². The molecule has 1 heterocycles. The minimum Gasteiger partial charge on any atom is -0.389 e. The Kier molecular flexibility index (Phi) is 11.2. The summed E-state index contributed by atoms with van der Waals surface area (Å²) in [6.07, 6.45) is 16.9. The van der Waals surface area contributed by atoms with E-state index in [0.717, 1.165) is 12.8 Å². The van der Waals surface area contributed by atoms with Gasteiger partial charge in [-0.05, 0) is 6.42 Å². The van der Waals surface area contributed by atoms with E-state index in [-0.39, 0.29) is 12.1 Å². The summed E-state index contributed by atoms with van der Waals surface area (Å²) < 4.78 is 5.50. The number of nitrogens with two attached hydrogens (primary N) is 1. The van der Waals surface area contributed by atoms with Crippen molar-refractivity contribution in [3.8, 4) is 0 Å². The fourth-order valence-electron chi connectivity index (χ4n) is 3.15. The molecule has 0 saturated carbocycles. The maximum absolute atomic E-state index is 9.78. The Balaban J connectivity index is 1.77. The summed E-state index contributed by atoms with van der Waals surface area (Å²) in [7, 11) is 0. The van der Waals surface area contributed by atoms with Gasteiger partial charge in [-0.25, -0.2) is 0 Å². The zero-order valence-electron chi connectivity index (χ0n) is 14.1. The average Bonchev–Trinajstić information content (AvgIpc) is 2.80. The molecule has 0 unspecified atom stereocenters. The van der Waals surface area contributed by atoms with Gasteiger partial charge in [0, 0.05) is 0 Å². The SMILES string of the molecule is CCCCCCCCCCCCCC[C@@H]1OC[C@H](N)[C@H]1O. The van der Waals surface area contributed by atoms with Crippen LogP contribution in [0.5, 0.6) is 0 Å². The summed E-state index contributed by atoms with van der Waals surface area (Å²) >= 11 is 0. The topological polar surface area (TPSA) is 55.5 Å². The number of ether oxygens (including phenoxy) is 1. The Bertz CT molecular complexity index is 235. The first kappa shape index (κ1) is 18.9. The van der Waals surface area contributed by atoms with Gasteiger partial charge in [-0.1, -0.05) is 84.0 Å². The number of hydrogen-bond donors (Lipinski definition) is 2. The molecule has 0 aromatic rings. The molecule has 0 aliphatic carbocycles. The van der Waals surface area contributed by atoms with E-state index in [1.54, 1.807) is 0 Å². The number of aliphatic hydroxyl groups is 1. The molecule has 1 aliphatic rings. The predicted octanol–water partition coefficient (Wildman–Crippen LogP) is 4.16. The second-order valence-electron chi connectivity index (χ2n) is 6.70. The van der Waals surface area contributed by atoms with E-state index < -0.39 is 6.10 Å². The number of unbranched alkanes of at least 4 members (excludes halogenated alkanes) is 11. The standard InChI is InChI=1S/C18H37NO2/c1-2-3-4-5-6-7-8-9-10-11-12-13-14-17-18(20)16(19)15-21-17/h16-18,20H,2-15,19H2,1H3/t16-,17-,18+/m0/s1. The monoisotopic (exact) mass is 299 g/mol. The van der Waals surface area contributed by atoms with Gasteiger partial charge in [0.2, 0.25) is 0 Å². The molecule has 1 fully saturated rings. The molecule has 0 amide bonds. The van der Waals surface area contributed by atoms with Crippen LogP contribution in [0.1, 0.15) is 90.4 Å². The van der Waals surface area contributed by atoms with Crippen molar-refractivity contribution in [1.29, 1.82) is 0 Å². The lowest BCUT2D eigenvalue weighted by molar-refractivity contribution is 0.0342. The molecule has 0 aromatic carbocycles. The second kappa shape index (κ2) is 12.4. The van der Waals surface area contributed by atoms with Crippen molar-refractivity contribution >= 4 is 0 Å². The summed E-state index contributed by atoms with van der Waals surface area (Å²) in [5, 5.41) is 9.78. The molecule has 21 heavy (non-hydrogen) atoms. The maximum atomic E-state index is 9.78. The highest BCUT2D eigenvalue weighted by Crippen LogP contribution is 2.19. The van der Waals surface area contributed by atoms with Crippen molar-refractivity contribution in [2.45, 2.75) is 109 Å². The van der Waals surface area contributed by atoms with E-state index in [0.29, 0.717) is 6.61 Å². The van der Waals surface area contributed by atoms with Gasteiger partial charge >= 0.3 is 0 Å². The van der Waals surface area contributed by atoms with Gasteiger partial charge in [-0.2, -0.15) is 0 Å². The highest BCUT2D eigenvalue weighted by Gasteiger charge is 2.32. The Labute approximate surface area is 131 Å². The lowest BCUT2D eigenvalue weighted by Crippen LogP contribution is -2.36. The highest BCUT2D eigenvalue weighted by molar-refractivity contribution is 4.85. The fourth-order valence-corrected chi connectivity index (χ4v) is 3.15. The van der Waals surface area contributed by atoms with E-state index in [2.05, 4.69) is 6.92 Å². The van der Waals surface area contributed by atoms with Crippen molar-refractivity contribution in [2.75, 3.05) is 6.61 Å². The van der Waals surface area contributed by atoms with Gasteiger partial charge in [0.25, 0.3) is 0 Å². The van der Waals surface area contributed by atoms with Gasteiger partial charge in [0.15, 0.2) is 0 Å². The van der Waals surface area contributed by atoms with Crippen LogP contribution < -0.4 is 5.73 Å². The van der Waals surface area contributed by atoms with Crippen LogP contribution in [0.4, 0.5) is 0 Å². The summed E-state index contributed by atoms with van der Waals surface area (Å²) in [5.74, 6) is 0. The van der Waals surface area contributed by atoms with Crippen LogP contribution in [0.2, 0.25) is 0 Å². The van der Waals surface area contributed by atoms with Crippen LogP contribution in [0.3, 0.4) is 0 Å². The molecule has 3 heteroatoms. The third kappa shape index (κ3) is 8.80. The summed E-state index contributed by atoms with van der Waals surface area (Å²) in [5.41, 5.74) is 5.73. The fraction of sp³-hybridized carbons (Fsp3) is 1.00. The molecule has 1 rings (SSSR count). The van der Waals surface area contributed by atoms with E-state index >= 15 is 0 Å². The summed E-state index contributed by atoms with van der Waals surface area (Å²) in [6.45, 7) is 2.79. The predicted molar refractivity (Wildman–Crippen MR) is 89.4 cm³/mol. The Morgan fingerprint density at radius 1 is 0.857 bits per heavy atom. The van der Waals surface area contributed by atoms with E-state index in [1.165, 1.54) is 70.6 Å².